The fraction of sp³-hybridized carbons (Fsp3) is 0.182. The number of carbonyl (C=O) groups is 1. The lowest BCUT2D eigenvalue weighted by molar-refractivity contribution is -0.113. The normalized spacial score (nSPS) is 12.7. The number of carbonyl (C=O) groups excluding carboxylic acids is 1. The summed E-state index contributed by atoms with van der Waals surface area (Å²) in [4.78, 5) is 11.1. The van der Waals surface area contributed by atoms with Gasteiger partial charge in [-0.05, 0) is 25.1 Å². The van der Waals surface area contributed by atoms with Gasteiger partial charge in [0.15, 0.2) is 11.5 Å². The molecule has 1 rings (SSSR count). The van der Waals surface area contributed by atoms with E-state index in [1.165, 1.54) is 19.9 Å². The summed E-state index contributed by atoms with van der Waals surface area (Å²) in [5.41, 5.74) is 0.222. The quantitative estimate of drug-likeness (QED) is 0.502. The van der Waals surface area contributed by atoms with Crippen molar-refractivity contribution in [2.24, 2.45) is 10.2 Å². The monoisotopic (exact) mass is 272 g/mol. The van der Waals surface area contributed by atoms with Crippen molar-refractivity contribution in [2.45, 2.75) is 13.8 Å². The molecule has 0 fully saturated rings. The van der Waals surface area contributed by atoms with Crippen LogP contribution >= 0.6 is 23.2 Å². The van der Waals surface area contributed by atoms with Gasteiger partial charge in [-0.1, -0.05) is 23.2 Å². The molecule has 0 aromatic heterocycles. The number of hydrogen-bond acceptors (Lipinski definition) is 4. The molecule has 0 radical (unpaired) electrons. The van der Waals surface area contributed by atoms with Crippen LogP contribution in [0.15, 0.2) is 39.9 Å². The van der Waals surface area contributed by atoms with Crippen LogP contribution < -0.4 is 0 Å². The van der Waals surface area contributed by atoms with E-state index in [1.807, 2.05) is 0 Å². The number of halogens is 2. The van der Waals surface area contributed by atoms with Crippen molar-refractivity contribution in [1.29, 1.82) is 0 Å². The van der Waals surface area contributed by atoms with E-state index in [2.05, 4.69) is 10.2 Å². The van der Waals surface area contributed by atoms with E-state index < -0.39 is 0 Å². The van der Waals surface area contributed by atoms with Crippen molar-refractivity contribution < 1.29 is 9.90 Å². The number of nitrogens with zero attached hydrogens (tertiary/aromatic N) is 2. The number of aliphatic hydroxyl groups excluding tert-OH is 1. The van der Waals surface area contributed by atoms with Gasteiger partial charge in [-0.25, -0.2) is 0 Å². The average Bonchev–Trinajstić information content (AvgIpc) is 2.22. The van der Waals surface area contributed by atoms with Crippen LogP contribution in [0.5, 0.6) is 0 Å². The van der Waals surface area contributed by atoms with Gasteiger partial charge in [0.1, 0.15) is 11.4 Å². The molecule has 0 amide bonds. The SMILES string of the molecule is CC(=O)/C(N=Nc1cc(Cl)ccc1Cl)=C(/C)O. The molecule has 1 aromatic carbocycles. The standard InChI is InChI=1S/C11H10Cl2N2O2/c1-6(16)11(7(2)17)15-14-10-5-8(12)3-4-9(10)13/h3-5,16H,1-2H3/b11-6+,15-14?. The maximum atomic E-state index is 11.1. The molecule has 0 saturated heterocycles. The van der Waals surface area contributed by atoms with Gasteiger partial charge in [-0.15, -0.1) is 10.2 Å². The van der Waals surface area contributed by atoms with Gasteiger partial charge in [0.25, 0.3) is 0 Å². The molecule has 0 spiro atoms. The molecular formula is C11H10Cl2N2O2. The number of hydrogen-bond donors (Lipinski definition) is 1. The first-order valence-electron chi connectivity index (χ1n) is 4.69. The third-order valence-corrected chi connectivity index (χ3v) is 2.40. The Morgan fingerprint density at radius 1 is 1.29 bits per heavy atom. The van der Waals surface area contributed by atoms with E-state index in [4.69, 9.17) is 23.2 Å². The molecule has 0 atom stereocenters. The second-order valence-corrected chi connectivity index (χ2v) is 4.13. The van der Waals surface area contributed by atoms with E-state index >= 15 is 0 Å². The number of allylic oxidation sites excluding steroid dienone is 2. The summed E-state index contributed by atoms with van der Waals surface area (Å²) in [6, 6.07) is 4.70. The van der Waals surface area contributed by atoms with Crippen LogP contribution in [-0.4, -0.2) is 10.9 Å². The van der Waals surface area contributed by atoms with Crippen molar-refractivity contribution in [1.82, 2.24) is 0 Å². The maximum absolute atomic E-state index is 11.1. The number of rotatable bonds is 3. The molecular weight excluding hydrogens is 263 g/mol. The summed E-state index contributed by atoms with van der Waals surface area (Å²) in [6.45, 7) is 2.64. The first kappa shape index (κ1) is 13.7. The highest BCUT2D eigenvalue weighted by Crippen LogP contribution is 2.28. The summed E-state index contributed by atoms with van der Waals surface area (Å²) in [5.74, 6) is -0.577. The van der Waals surface area contributed by atoms with Crippen molar-refractivity contribution in [3.05, 3.63) is 39.7 Å². The minimum absolute atomic E-state index is 0.110. The van der Waals surface area contributed by atoms with Crippen LogP contribution in [0.2, 0.25) is 10.0 Å². The van der Waals surface area contributed by atoms with Crippen LogP contribution in [0.4, 0.5) is 5.69 Å². The highest BCUT2D eigenvalue weighted by atomic mass is 35.5. The minimum Gasteiger partial charge on any atom is -0.510 e. The second kappa shape index (κ2) is 5.80. The molecule has 0 aliphatic rings. The third kappa shape index (κ3) is 3.84. The van der Waals surface area contributed by atoms with Crippen LogP contribution in [0.3, 0.4) is 0 Å². The summed E-state index contributed by atoms with van der Waals surface area (Å²) in [5, 5.41) is 17.5. The summed E-state index contributed by atoms with van der Waals surface area (Å²) >= 11 is 11.6. The topological polar surface area (TPSA) is 62.0 Å². The molecule has 0 bridgehead atoms. The van der Waals surface area contributed by atoms with Crippen molar-refractivity contribution in [3.8, 4) is 0 Å². The predicted octanol–water partition coefficient (Wildman–Crippen LogP) is 4.46. The van der Waals surface area contributed by atoms with Crippen LogP contribution in [0.25, 0.3) is 0 Å². The lowest BCUT2D eigenvalue weighted by atomic mass is 10.3. The molecule has 1 aromatic rings. The Morgan fingerprint density at radius 2 is 1.94 bits per heavy atom. The average molecular weight is 273 g/mol. The fourth-order valence-electron chi connectivity index (χ4n) is 1.06. The van der Waals surface area contributed by atoms with Gasteiger partial charge in [-0.3, -0.25) is 4.79 Å². The Balaban J connectivity index is 3.09. The molecule has 4 nitrogen and oxygen atoms in total. The van der Waals surface area contributed by atoms with Crippen LogP contribution in [0.1, 0.15) is 13.8 Å². The first-order valence-corrected chi connectivity index (χ1v) is 5.45. The zero-order valence-corrected chi connectivity index (χ0v) is 10.7. The summed E-state index contributed by atoms with van der Waals surface area (Å²) < 4.78 is 0. The van der Waals surface area contributed by atoms with Gasteiger partial charge in [0, 0.05) is 11.9 Å². The molecule has 17 heavy (non-hydrogen) atoms. The summed E-state index contributed by atoms with van der Waals surface area (Å²) in [7, 11) is 0. The van der Waals surface area contributed by atoms with E-state index in [0.717, 1.165) is 0 Å². The van der Waals surface area contributed by atoms with E-state index in [0.29, 0.717) is 15.7 Å². The molecule has 0 heterocycles. The Morgan fingerprint density at radius 3 is 2.47 bits per heavy atom. The van der Waals surface area contributed by atoms with Crippen molar-refractivity contribution in [2.75, 3.05) is 0 Å². The highest BCUT2D eigenvalue weighted by Gasteiger charge is 2.07. The molecule has 1 N–H and O–H groups in total. The van der Waals surface area contributed by atoms with Gasteiger partial charge in [0.05, 0.1) is 5.02 Å². The molecule has 90 valence electrons. The Bertz CT molecular complexity index is 506. The largest absolute Gasteiger partial charge is 0.510 e. The molecule has 0 saturated carbocycles. The van der Waals surface area contributed by atoms with Crippen LogP contribution in [0, 0.1) is 0 Å². The minimum atomic E-state index is -0.382. The Kier molecular flexibility index (Phi) is 4.66. The van der Waals surface area contributed by atoms with Gasteiger partial charge in [0.2, 0.25) is 0 Å². The molecule has 0 aliphatic carbocycles. The fourth-order valence-corrected chi connectivity index (χ4v) is 1.39. The van der Waals surface area contributed by atoms with E-state index in [1.54, 1.807) is 12.1 Å². The van der Waals surface area contributed by atoms with Gasteiger partial charge < -0.3 is 5.11 Å². The van der Waals surface area contributed by atoms with Crippen molar-refractivity contribution in [3.63, 3.8) is 0 Å². The highest BCUT2D eigenvalue weighted by molar-refractivity contribution is 6.35. The number of azo groups is 1. The number of ketones is 1. The molecule has 0 unspecified atom stereocenters. The molecule has 6 heteroatoms. The number of Topliss-reactive ketones (excluding diaryl/α,β-unsaturated/α-hetero) is 1. The lowest BCUT2D eigenvalue weighted by Gasteiger charge is -1.99. The summed E-state index contributed by atoms with van der Waals surface area (Å²) in [6.07, 6.45) is 0. The molecule has 0 aliphatic heterocycles. The predicted molar refractivity (Wildman–Crippen MR) is 67.0 cm³/mol. The Hall–Kier alpha value is -1.39. The van der Waals surface area contributed by atoms with Gasteiger partial charge in [-0.2, -0.15) is 0 Å². The van der Waals surface area contributed by atoms with E-state index in [9.17, 15) is 9.90 Å². The third-order valence-electron chi connectivity index (χ3n) is 1.84. The number of benzene rings is 1. The van der Waals surface area contributed by atoms with E-state index in [-0.39, 0.29) is 17.2 Å². The zero-order chi connectivity index (χ0) is 13.0. The van der Waals surface area contributed by atoms with Crippen LogP contribution in [-0.2, 0) is 4.79 Å². The first-order chi connectivity index (χ1) is 7.91. The Labute approximate surface area is 109 Å². The maximum Gasteiger partial charge on any atom is 0.183 e. The zero-order valence-electron chi connectivity index (χ0n) is 9.24. The second-order valence-electron chi connectivity index (χ2n) is 3.29. The lowest BCUT2D eigenvalue weighted by Crippen LogP contribution is -1.96. The number of aliphatic hydroxyl groups is 1. The van der Waals surface area contributed by atoms with Crippen molar-refractivity contribution >= 4 is 34.7 Å². The van der Waals surface area contributed by atoms with Gasteiger partial charge >= 0.3 is 0 Å². The smallest absolute Gasteiger partial charge is 0.183 e.